The topological polar surface area (TPSA) is 37.4 Å². The molecule has 3 nitrogen and oxygen atoms in total. The highest BCUT2D eigenvalue weighted by molar-refractivity contribution is 6.21. The highest BCUT2D eigenvalue weighted by Gasteiger charge is 2.41. The SMILES string of the molecule is CC(C)(C)C1CCC(N2C(=O)c3ccccc3C2=O)CC1. The number of benzene rings is 1. The Balaban J connectivity index is 1.76. The summed E-state index contributed by atoms with van der Waals surface area (Å²) in [5, 5.41) is 0. The number of hydrogen-bond acceptors (Lipinski definition) is 2. The molecule has 0 N–H and O–H groups in total. The Bertz CT molecular complexity index is 542. The second-order valence-electron chi connectivity index (χ2n) is 7.40. The number of rotatable bonds is 1. The average molecular weight is 285 g/mol. The van der Waals surface area contributed by atoms with E-state index >= 15 is 0 Å². The third kappa shape index (κ3) is 2.39. The van der Waals surface area contributed by atoms with E-state index in [-0.39, 0.29) is 17.9 Å². The molecule has 1 fully saturated rings. The molecule has 0 spiro atoms. The lowest BCUT2D eigenvalue weighted by Gasteiger charge is -2.39. The molecule has 1 saturated carbocycles. The van der Waals surface area contributed by atoms with Crippen molar-refractivity contribution in [3.05, 3.63) is 35.4 Å². The minimum atomic E-state index is -0.102. The maximum Gasteiger partial charge on any atom is 0.261 e. The molecule has 0 unspecified atom stereocenters. The summed E-state index contributed by atoms with van der Waals surface area (Å²) >= 11 is 0. The maximum atomic E-state index is 12.5. The quantitative estimate of drug-likeness (QED) is 0.734. The van der Waals surface area contributed by atoms with Gasteiger partial charge in [-0.3, -0.25) is 14.5 Å². The van der Waals surface area contributed by atoms with Crippen LogP contribution < -0.4 is 0 Å². The molecular formula is C18H23NO2. The number of carbonyl (C=O) groups excluding carboxylic acids is 2. The van der Waals surface area contributed by atoms with Crippen LogP contribution in [0.4, 0.5) is 0 Å². The zero-order valence-corrected chi connectivity index (χ0v) is 13.1. The molecule has 2 aliphatic rings. The first-order chi connectivity index (χ1) is 9.89. The van der Waals surface area contributed by atoms with Gasteiger partial charge in [-0.1, -0.05) is 32.9 Å². The van der Waals surface area contributed by atoms with Crippen molar-refractivity contribution >= 4 is 11.8 Å². The number of amides is 2. The Labute approximate surface area is 126 Å². The molecule has 112 valence electrons. The summed E-state index contributed by atoms with van der Waals surface area (Å²) in [5.74, 6) is 0.480. The molecule has 0 saturated heterocycles. The Morgan fingerprint density at radius 2 is 1.38 bits per heavy atom. The van der Waals surface area contributed by atoms with E-state index in [1.54, 1.807) is 12.1 Å². The molecule has 3 heteroatoms. The standard InChI is InChI=1S/C18H23NO2/c1-18(2,3)12-8-10-13(11-9-12)19-16(20)14-6-4-5-7-15(14)17(19)21/h4-7,12-13H,8-11H2,1-3H3. The molecule has 0 atom stereocenters. The predicted molar refractivity (Wildman–Crippen MR) is 82.1 cm³/mol. The fourth-order valence-electron chi connectivity index (χ4n) is 3.74. The van der Waals surface area contributed by atoms with Crippen LogP contribution in [0.1, 0.15) is 67.2 Å². The Morgan fingerprint density at radius 3 is 1.81 bits per heavy atom. The van der Waals surface area contributed by atoms with E-state index in [9.17, 15) is 9.59 Å². The van der Waals surface area contributed by atoms with E-state index in [2.05, 4.69) is 20.8 Å². The van der Waals surface area contributed by atoms with Gasteiger partial charge in [0, 0.05) is 6.04 Å². The van der Waals surface area contributed by atoms with Crippen LogP contribution in [0.2, 0.25) is 0 Å². The van der Waals surface area contributed by atoms with E-state index in [4.69, 9.17) is 0 Å². The van der Waals surface area contributed by atoms with Crippen molar-refractivity contribution in [2.75, 3.05) is 0 Å². The number of imide groups is 1. The molecule has 1 aliphatic heterocycles. The summed E-state index contributed by atoms with van der Waals surface area (Å²) < 4.78 is 0. The number of nitrogens with zero attached hydrogens (tertiary/aromatic N) is 1. The molecule has 1 aromatic rings. The lowest BCUT2D eigenvalue weighted by molar-refractivity contribution is 0.0490. The highest BCUT2D eigenvalue weighted by atomic mass is 16.2. The van der Waals surface area contributed by atoms with Crippen molar-refractivity contribution < 1.29 is 9.59 Å². The van der Waals surface area contributed by atoms with Crippen LogP contribution in [0.25, 0.3) is 0 Å². The third-order valence-electron chi connectivity index (χ3n) is 5.11. The number of hydrogen-bond donors (Lipinski definition) is 0. The van der Waals surface area contributed by atoms with E-state index < -0.39 is 0 Å². The summed E-state index contributed by atoms with van der Waals surface area (Å²) in [5.41, 5.74) is 1.45. The molecule has 1 aromatic carbocycles. The average Bonchev–Trinajstić information content (AvgIpc) is 2.71. The molecule has 3 rings (SSSR count). The maximum absolute atomic E-state index is 12.5. The van der Waals surface area contributed by atoms with Gasteiger partial charge in [0.05, 0.1) is 11.1 Å². The van der Waals surface area contributed by atoms with Crippen molar-refractivity contribution in [1.82, 2.24) is 4.90 Å². The number of carbonyl (C=O) groups is 2. The second-order valence-corrected chi connectivity index (χ2v) is 7.40. The monoisotopic (exact) mass is 285 g/mol. The lowest BCUT2D eigenvalue weighted by atomic mass is 9.71. The first-order valence-electron chi connectivity index (χ1n) is 7.86. The lowest BCUT2D eigenvalue weighted by Crippen LogP contribution is -2.43. The molecule has 2 amide bonds. The second kappa shape index (κ2) is 4.97. The summed E-state index contributed by atoms with van der Waals surface area (Å²) in [6.45, 7) is 6.83. The first-order valence-corrected chi connectivity index (χ1v) is 7.86. The highest BCUT2D eigenvalue weighted by Crippen LogP contribution is 2.40. The van der Waals surface area contributed by atoms with Crippen molar-refractivity contribution in [1.29, 1.82) is 0 Å². The van der Waals surface area contributed by atoms with Gasteiger partial charge in [0.2, 0.25) is 0 Å². The van der Waals surface area contributed by atoms with Crippen molar-refractivity contribution in [2.45, 2.75) is 52.5 Å². The summed E-state index contributed by atoms with van der Waals surface area (Å²) in [6, 6.07) is 7.25. The Hall–Kier alpha value is -1.64. The summed E-state index contributed by atoms with van der Waals surface area (Å²) in [6.07, 6.45) is 4.07. The predicted octanol–water partition coefficient (Wildman–Crippen LogP) is 3.89. The van der Waals surface area contributed by atoms with Crippen LogP contribution in [-0.4, -0.2) is 22.8 Å². The first kappa shape index (κ1) is 14.3. The summed E-state index contributed by atoms with van der Waals surface area (Å²) in [7, 11) is 0. The molecule has 0 bridgehead atoms. The molecule has 0 aromatic heterocycles. The van der Waals surface area contributed by atoms with E-state index in [1.165, 1.54) is 4.90 Å². The smallest absolute Gasteiger partial charge is 0.261 e. The van der Waals surface area contributed by atoms with Gasteiger partial charge >= 0.3 is 0 Å². The fourth-order valence-corrected chi connectivity index (χ4v) is 3.74. The largest absolute Gasteiger partial charge is 0.271 e. The Kier molecular flexibility index (Phi) is 3.39. The zero-order valence-electron chi connectivity index (χ0n) is 13.1. The minimum absolute atomic E-state index is 0.0796. The van der Waals surface area contributed by atoms with Gasteiger partial charge in [-0.05, 0) is 49.1 Å². The van der Waals surface area contributed by atoms with Gasteiger partial charge in [-0.2, -0.15) is 0 Å². The van der Waals surface area contributed by atoms with Crippen molar-refractivity contribution in [3.8, 4) is 0 Å². The molecule has 1 heterocycles. The number of fused-ring (bicyclic) bond motifs is 1. The van der Waals surface area contributed by atoms with Gasteiger partial charge in [-0.15, -0.1) is 0 Å². The van der Waals surface area contributed by atoms with Crippen molar-refractivity contribution in [3.63, 3.8) is 0 Å². The van der Waals surface area contributed by atoms with Crippen molar-refractivity contribution in [2.24, 2.45) is 11.3 Å². The van der Waals surface area contributed by atoms with Crippen LogP contribution in [0, 0.1) is 11.3 Å². The Morgan fingerprint density at radius 1 is 0.905 bits per heavy atom. The van der Waals surface area contributed by atoms with Crippen LogP contribution in [0.3, 0.4) is 0 Å². The van der Waals surface area contributed by atoms with Crippen LogP contribution in [0.5, 0.6) is 0 Å². The fraction of sp³-hybridized carbons (Fsp3) is 0.556. The molecule has 0 radical (unpaired) electrons. The van der Waals surface area contributed by atoms with Gasteiger partial charge in [0.1, 0.15) is 0 Å². The van der Waals surface area contributed by atoms with Gasteiger partial charge in [-0.25, -0.2) is 0 Å². The van der Waals surface area contributed by atoms with Gasteiger partial charge < -0.3 is 0 Å². The third-order valence-corrected chi connectivity index (χ3v) is 5.11. The normalized spacial score (nSPS) is 26.1. The molecular weight excluding hydrogens is 262 g/mol. The van der Waals surface area contributed by atoms with Gasteiger partial charge in [0.25, 0.3) is 11.8 Å². The van der Waals surface area contributed by atoms with E-state index in [1.807, 2.05) is 12.1 Å². The van der Waals surface area contributed by atoms with Crippen LogP contribution in [-0.2, 0) is 0 Å². The van der Waals surface area contributed by atoms with Crippen LogP contribution in [0.15, 0.2) is 24.3 Å². The van der Waals surface area contributed by atoms with E-state index in [0.29, 0.717) is 22.5 Å². The molecule has 1 aliphatic carbocycles. The zero-order chi connectivity index (χ0) is 15.2. The van der Waals surface area contributed by atoms with E-state index in [0.717, 1.165) is 25.7 Å². The van der Waals surface area contributed by atoms with Crippen LogP contribution >= 0.6 is 0 Å². The summed E-state index contributed by atoms with van der Waals surface area (Å²) in [4.78, 5) is 26.5. The molecule has 21 heavy (non-hydrogen) atoms. The minimum Gasteiger partial charge on any atom is -0.271 e. The van der Waals surface area contributed by atoms with Gasteiger partial charge in [0.15, 0.2) is 0 Å².